The van der Waals surface area contributed by atoms with Gasteiger partial charge in [0.2, 0.25) is 0 Å². The summed E-state index contributed by atoms with van der Waals surface area (Å²) in [7, 11) is -1.94. The summed E-state index contributed by atoms with van der Waals surface area (Å²) < 4.78 is 42.7. The first-order valence-electron chi connectivity index (χ1n) is 8.96. The van der Waals surface area contributed by atoms with Gasteiger partial charge in [-0.05, 0) is 18.6 Å². The number of rotatable bonds is 8. The monoisotopic (exact) mass is 395 g/mol. The molecule has 0 bridgehead atoms. The van der Waals surface area contributed by atoms with Gasteiger partial charge in [0.25, 0.3) is 0 Å². The first-order valence-corrected chi connectivity index (χ1v) is 10.6. The molecule has 2 aliphatic rings. The average molecular weight is 395 g/mol. The summed E-state index contributed by atoms with van der Waals surface area (Å²) in [5.41, 5.74) is 0. The molecule has 3 rings (SSSR count). The normalized spacial score (nSPS) is 30.7. The van der Waals surface area contributed by atoms with Gasteiger partial charge in [-0.25, -0.2) is 13.2 Å². The Morgan fingerprint density at radius 1 is 1.30 bits per heavy atom. The van der Waals surface area contributed by atoms with Gasteiger partial charge in [-0.3, -0.25) is 0 Å². The lowest BCUT2D eigenvalue weighted by Crippen LogP contribution is -2.36. The number of carbonyl (C=O) groups is 1. The molecule has 8 heteroatoms. The highest BCUT2D eigenvalue weighted by Crippen LogP contribution is 2.36. The molecule has 1 aromatic carbocycles. The van der Waals surface area contributed by atoms with Gasteiger partial charge >= 0.3 is 6.09 Å². The van der Waals surface area contributed by atoms with Gasteiger partial charge in [-0.1, -0.05) is 24.3 Å². The molecule has 2 fully saturated rings. The zero-order chi connectivity index (χ0) is 19.4. The van der Waals surface area contributed by atoms with E-state index in [0.29, 0.717) is 19.4 Å². The van der Waals surface area contributed by atoms with Crippen molar-refractivity contribution >= 4 is 15.9 Å². The summed E-state index contributed by atoms with van der Waals surface area (Å²) in [6, 6.07) is 8.38. The number of benzene rings is 1. The molecule has 2 heterocycles. The van der Waals surface area contributed by atoms with Gasteiger partial charge in [0.1, 0.15) is 6.10 Å². The van der Waals surface area contributed by atoms with Crippen molar-refractivity contribution in [2.45, 2.75) is 42.2 Å². The van der Waals surface area contributed by atoms with Crippen molar-refractivity contribution in [1.82, 2.24) is 5.32 Å². The summed E-state index contributed by atoms with van der Waals surface area (Å²) in [6.45, 7) is 4.16. The number of hydrogen-bond donors (Lipinski definition) is 1. The fourth-order valence-corrected chi connectivity index (χ4v) is 5.48. The van der Waals surface area contributed by atoms with Gasteiger partial charge in [0.15, 0.2) is 9.84 Å². The maximum atomic E-state index is 12.9. The molecule has 2 saturated heterocycles. The Hall–Kier alpha value is -1.90. The van der Waals surface area contributed by atoms with Crippen molar-refractivity contribution < 1.29 is 27.4 Å². The zero-order valence-electron chi connectivity index (χ0n) is 15.2. The lowest BCUT2D eigenvalue weighted by atomic mass is 9.94. The number of nitrogens with one attached hydrogen (secondary N) is 1. The van der Waals surface area contributed by atoms with Crippen LogP contribution in [0.4, 0.5) is 4.79 Å². The molecule has 2 aliphatic heterocycles. The molecule has 0 radical (unpaired) electrons. The Labute approximate surface area is 159 Å². The molecule has 0 unspecified atom stereocenters. The van der Waals surface area contributed by atoms with Crippen molar-refractivity contribution in [3.8, 4) is 0 Å². The topological polar surface area (TPSA) is 90.9 Å². The van der Waals surface area contributed by atoms with Crippen LogP contribution in [0.1, 0.15) is 12.8 Å². The minimum absolute atomic E-state index is 0.0762. The van der Waals surface area contributed by atoms with E-state index in [4.69, 9.17) is 14.2 Å². The van der Waals surface area contributed by atoms with Crippen molar-refractivity contribution in [2.75, 3.05) is 19.4 Å². The molecule has 1 amide bonds. The van der Waals surface area contributed by atoms with Crippen molar-refractivity contribution in [2.24, 2.45) is 5.92 Å². The van der Waals surface area contributed by atoms with Crippen LogP contribution < -0.4 is 5.32 Å². The van der Waals surface area contributed by atoms with Crippen LogP contribution in [0.5, 0.6) is 0 Å². The Morgan fingerprint density at radius 3 is 2.63 bits per heavy atom. The average Bonchev–Trinajstić information content (AvgIpc) is 3.19. The number of amides is 1. The summed E-state index contributed by atoms with van der Waals surface area (Å²) in [5.74, 6) is -0.416. The minimum atomic E-state index is -3.49. The molecule has 1 N–H and O–H groups in total. The van der Waals surface area contributed by atoms with Crippen LogP contribution in [-0.2, 0) is 24.0 Å². The van der Waals surface area contributed by atoms with E-state index in [9.17, 15) is 13.2 Å². The smallest absolute Gasteiger partial charge is 0.407 e. The van der Waals surface area contributed by atoms with E-state index in [0.717, 1.165) is 0 Å². The van der Waals surface area contributed by atoms with E-state index >= 15 is 0 Å². The summed E-state index contributed by atoms with van der Waals surface area (Å²) in [6.07, 6.45) is 0.856. The Kier molecular flexibility index (Phi) is 6.18. The predicted octanol–water partition coefficient (Wildman–Crippen LogP) is 1.93. The molecule has 0 aliphatic carbocycles. The molecule has 0 saturated carbocycles. The lowest BCUT2D eigenvalue weighted by Gasteiger charge is -2.23. The molecule has 1 aromatic rings. The Balaban J connectivity index is 1.78. The summed E-state index contributed by atoms with van der Waals surface area (Å²) in [5, 5.41) is 2.61. The number of cyclic esters (lactones) is 1. The van der Waals surface area contributed by atoms with Crippen LogP contribution in [-0.4, -0.2) is 58.3 Å². The molecule has 0 spiro atoms. The first-order chi connectivity index (χ1) is 12.9. The number of sulfone groups is 1. The second kappa shape index (κ2) is 8.41. The Bertz CT molecular complexity index is 766. The fourth-order valence-electron chi connectivity index (χ4n) is 3.80. The minimum Gasteiger partial charge on any atom is -0.444 e. The maximum absolute atomic E-state index is 12.9. The highest BCUT2D eigenvalue weighted by atomic mass is 32.2. The van der Waals surface area contributed by atoms with Crippen LogP contribution in [0.2, 0.25) is 0 Å². The van der Waals surface area contributed by atoms with E-state index < -0.39 is 22.0 Å². The number of hydrogen-bond acceptors (Lipinski definition) is 6. The largest absolute Gasteiger partial charge is 0.444 e. The Morgan fingerprint density at radius 2 is 2.04 bits per heavy atom. The van der Waals surface area contributed by atoms with Gasteiger partial charge in [-0.2, -0.15) is 0 Å². The van der Waals surface area contributed by atoms with Crippen LogP contribution in [0, 0.1) is 5.92 Å². The van der Waals surface area contributed by atoms with E-state index in [1.165, 1.54) is 0 Å². The highest BCUT2D eigenvalue weighted by Gasteiger charge is 2.47. The molecule has 0 aromatic heterocycles. The van der Waals surface area contributed by atoms with Crippen LogP contribution in [0.15, 0.2) is 47.9 Å². The molecule has 27 heavy (non-hydrogen) atoms. The molecule has 5 atom stereocenters. The third-order valence-electron chi connectivity index (χ3n) is 5.04. The first kappa shape index (κ1) is 19.9. The molecular weight excluding hydrogens is 370 g/mol. The van der Waals surface area contributed by atoms with E-state index in [2.05, 4.69) is 11.9 Å². The quantitative estimate of drug-likeness (QED) is 0.677. The second-order valence-electron chi connectivity index (χ2n) is 6.84. The molecular formula is C19H25NO6S. The number of ether oxygens (including phenoxy) is 3. The van der Waals surface area contributed by atoms with Gasteiger partial charge in [0, 0.05) is 19.4 Å². The van der Waals surface area contributed by atoms with Crippen LogP contribution >= 0.6 is 0 Å². The second-order valence-corrected chi connectivity index (χ2v) is 8.87. The third-order valence-corrected chi connectivity index (χ3v) is 6.86. The number of alkyl carbamates (subject to hydrolysis) is 1. The molecule has 148 valence electrons. The zero-order valence-corrected chi connectivity index (χ0v) is 16.1. The molecule has 7 nitrogen and oxygen atoms in total. The fraction of sp³-hybridized carbons (Fsp3) is 0.526. The third kappa shape index (κ3) is 4.51. The van der Waals surface area contributed by atoms with Gasteiger partial charge < -0.3 is 19.5 Å². The predicted molar refractivity (Wildman–Crippen MR) is 99.1 cm³/mol. The number of methoxy groups -OCH3 is 1. The maximum Gasteiger partial charge on any atom is 0.407 e. The SMILES string of the molecule is C=CC[C@@H]1O[C@H](C[C@H]2CNC(=O)O2)[C@H](OC)[C@H]1CS(=O)(=O)c1ccccc1. The van der Waals surface area contributed by atoms with Crippen LogP contribution in [0.3, 0.4) is 0 Å². The van der Waals surface area contributed by atoms with E-state index in [1.807, 2.05) is 0 Å². The van der Waals surface area contributed by atoms with E-state index in [1.54, 1.807) is 43.5 Å². The van der Waals surface area contributed by atoms with Crippen molar-refractivity contribution in [3.63, 3.8) is 0 Å². The summed E-state index contributed by atoms with van der Waals surface area (Å²) in [4.78, 5) is 11.5. The van der Waals surface area contributed by atoms with Gasteiger partial charge in [0.05, 0.1) is 35.5 Å². The van der Waals surface area contributed by atoms with Crippen molar-refractivity contribution in [3.05, 3.63) is 43.0 Å². The van der Waals surface area contributed by atoms with Gasteiger partial charge in [-0.15, -0.1) is 6.58 Å². The van der Waals surface area contributed by atoms with E-state index in [-0.39, 0.29) is 34.9 Å². The van der Waals surface area contributed by atoms with Crippen molar-refractivity contribution in [1.29, 1.82) is 0 Å². The highest BCUT2D eigenvalue weighted by molar-refractivity contribution is 7.91. The standard InChI is InChI=1S/C19H25NO6S/c1-3-7-16-15(12-27(22,23)14-8-5-4-6-9-14)18(24-2)17(26-16)10-13-11-20-19(21)25-13/h3-6,8-9,13,15-18H,1,7,10-12H2,2H3,(H,20,21)/t13-,15-,16-,17+,18+/m0/s1. The number of carbonyl (C=O) groups excluding carboxylic acids is 1. The van der Waals surface area contributed by atoms with Crippen LogP contribution in [0.25, 0.3) is 0 Å². The lowest BCUT2D eigenvalue weighted by molar-refractivity contribution is -0.0267. The summed E-state index contributed by atoms with van der Waals surface area (Å²) >= 11 is 0.